The van der Waals surface area contributed by atoms with E-state index in [1.807, 2.05) is 48.6 Å². The fraction of sp³-hybridized carbons (Fsp3) is 0.559. The number of allylic oxidation sites excluding steroid dienone is 2. The summed E-state index contributed by atoms with van der Waals surface area (Å²) >= 11 is 12.8. The molecular weight excluding hydrogens is 1170 g/mol. The van der Waals surface area contributed by atoms with E-state index in [0.717, 1.165) is 137 Å². The van der Waals surface area contributed by atoms with Gasteiger partial charge in [0.15, 0.2) is 0 Å². The zero-order valence-electron chi connectivity index (χ0n) is 49.0. The van der Waals surface area contributed by atoms with Crippen LogP contribution in [-0.2, 0) is 43.7 Å². The summed E-state index contributed by atoms with van der Waals surface area (Å²) in [6.45, 7) is 3.88. The Morgan fingerprint density at radius 2 is 0.942 bits per heavy atom. The lowest BCUT2D eigenvalue weighted by molar-refractivity contribution is 0.0454. The van der Waals surface area contributed by atoms with Crippen LogP contribution in [-0.4, -0.2) is 101 Å². The van der Waals surface area contributed by atoms with E-state index in [1.54, 1.807) is 24.3 Å². The van der Waals surface area contributed by atoms with E-state index >= 15 is 0 Å². The molecule has 0 radical (unpaired) electrons. The fourth-order valence-electron chi connectivity index (χ4n) is 16.9. The molecule has 0 aromatic heterocycles. The van der Waals surface area contributed by atoms with E-state index in [0.29, 0.717) is 86.4 Å². The molecule has 4 aromatic carbocycles. The molecule has 86 heavy (non-hydrogen) atoms. The number of aliphatic hydroxyl groups excluding tert-OH is 2. The molecule has 6 aliphatic carbocycles. The van der Waals surface area contributed by atoms with E-state index in [9.17, 15) is 36.6 Å². The minimum Gasteiger partial charge on any atom is -0.490 e. The van der Waals surface area contributed by atoms with E-state index in [-0.39, 0.29) is 34.5 Å². The third-order valence-electron chi connectivity index (χ3n) is 21.8. The molecule has 4 N–H and O–H groups in total. The van der Waals surface area contributed by atoms with Gasteiger partial charge in [-0.25, -0.2) is 26.3 Å². The van der Waals surface area contributed by atoms with Crippen molar-refractivity contribution in [1.29, 1.82) is 0 Å². The Morgan fingerprint density at radius 1 is 0.512 bits per heavy atom. The molecule has 18 heteroatoms. The van der Waals surface area contributed by atoms with Gasteiger partial charge in [-0.2, -0.15) is 0 Å². The maximum Gasteiger partial charge on any atom is 0.264 e. The number of carbonyl (C=O) groups is 2. The molecule has 460 valence electrons. The molecule has 4 bridgehead atoms. The van der Waals surface area contributed by atoms with Gasteiger partial charge in [-0.15, -0.1) is 0 Å². The molecule has 4 saturated carbocycles. The van der Waals surface area contributed by atoms with Crippen LogP contribution in [0, 0.1) is 35.5 Å². The highest BCUT2D eigenvalue weighted by molar-refractivity contribution is 7.91. The van der Waals surface area contributed by atoms with Gasteiger partial charge in [-0.1, -0.05) is 85.3 Å². The van der Waals surface area contributed by atoms with Crippen LogP contribution in [0.5, 0.6) is 11.5 Å². The highest BCUT2D eigenvalue weighted by Gasteiger charge is 2.47. The first-order valence-electron chi connectivity index (χ1n) is 31.9. The summed E-state index contributed by atoms with van der Waals surface area (Å²) in [5.41, 5.74) is 6.79. The highest BCUT2D eigenvalue weighted by Crippen LogP contribution is 2.50. The molecule has 10 aliphatic rings. The van der Waals surface area contributed by atoms with Crippen LogP contribution in [0.4, 0.5) is 11.4 Å². The minimum absolute atomic E-state index is 0.0760. The second-order valence-electron chi connectivity index (χ2n) is 27.0. The summed E-state index contributed by atoms with van der Waals surface area (Å²) < 4.78 is 72.2. The molecule has 0 unspecified atom stereocenters. The summed E-state index contributed by atoms with van der Waals surface area (Å²) in [7, 11) is -7.77. The van der Waals surface area contributed by atoms with Gasteiger partial charge in [0.2, 0.25) is 20.0 Å². The summed E-state index contributed by atoms with van der Waals surface area (Å²) in [6, 6.07) is 23.0. The van der Waals surface area contributed by atoms with Gasteiger partial charge in [-0.3, -0.25) is 9.59 Å². The van der Waals surface area contributed by atoms with Crippen LogP contribution in [0.15, 0.2) is 97.1 Å². The second kappa shape index (κ2) is 24.4. The quantitative estimate of drug-likeness (QED) is 0.122. The Kier molecular flexibility index (Phi) is 16.9. The predicted molar refractivity (Wildman–Crippen MR) is 337 cm³/mol. The highest BCUT2D eigenvalue weighted by atomic mass is 35.5. The number of halogens is 2. The molecule has 0 saturated heterocycles. The number of hydrogen-bond donors (Lipinski definition) is 4. The van der Waals surface area contributed by atoms with Gasteiger partial charge >= 0.3 is 0 Å². The largest absolute Gasteiger partial charge is 0.490 e. The molecule has 12 atom stereocenters. The van der Waals surface area contributed by atoms with Crippen molar-refractivity contribution in [2.24, 2.45) is 35.5 Å². The van der Waals surface area contributed by atoms with Gasteiger partial charge in [0.05, 0.1) is 47.3 Å². The van der Waals surface area contributed by atoms with Crippen LogP contribution in [0.3, 0.4) is 0 Å². The van der Waals surface area contributed by atoms with Gasteiger partial charge in [0.1, 0.15) is 11.5 Å². The Balaban J connectivity index is 0.000000160. The van der Waals surface area contributed by atoms with Crippen molar-refractivity contribution in [3.63, 3.8) is 0 Å². The number of nitrogens with one attached hydrogen (secondary N) is 2. The number of ether oxygens (including phenoxy) is 2. The zero-order valence-corrected chi connectivity index (χ0v) is 52.2. The Bertz CT molecular complexity index is 3320. The van der Waals surface area contributed by atoms with E-state index in [1.165, 1.54) is 22.3 Å². The van der Waals surface area contributed by atoms with E-state index in [2.05, 4.69) is 43.5 Å². The Morgan fingerprint density at radius 3 is 1.36 bits per heavy atom. The molecule has 4 heterocycles. The van der Waals surface area contributed by atoms with Crippen LogP contribution in [0.25, 0.3) is 0 Å². The van der Waals surface area contributed by atoms with Crippen LogP contribution in [0.1, 0.15) is 159 Å². The third kappa shape index (κ3) is 11.9. The number of anilines is 2. The summed E-state index contributed by atoms with van der Waals surface area (Å²) in [4.78, 5) is 31.7. The van der Waals surface area contributed by atoms with Crippen molar-refractivity contribution in [1.82, 2.24) is 9.44 Å². The molecule has 2 spiro atoms. The van der Waals surface area contributed by atoms with Crippen molar-refractivity contribution in [2.75, 3.05) is 49.2 Å². The number of sulfonamides is 2. The average molecular weight is 1250 g/mol. The lowest BCUT2D eigenvalue weighted by atomic mass is 9.68. The summed E-state index contributed by atoms with van der Waals surface area (Å²) in [5.74, 6) is 0.926. The van der Waals surface area contributed by atoms with Crippen molar-refractivity contribution in [3.8, 4) is 11.5 Å². The smallest absolute Gasteiger partial charge is 0.264 e. The minimum atomic E-state index is -3.88. The number of fused-ring (bicyclic) bond motifs is 10. The van der Waals surface area contributed by atoms with Gasteiger partial charge in [-0.05, 0) is 221 Å². The average Bonchev–Trinajstić information content (AvgIpc) is 2.01. The van der Waals surface area contributed by atoms with Crippen molar-refractivity contribution in [3.05, 3.63) is 141 Å². The second-order valence-corrected chi connectivity index (χ2v) is 31.7. The first-order valence-corrected chi connectivity index (χ1v) is 35.7. The number of aliphatic hydroxyl groups is 2. The molecule has 4 aliphatic heterocycles. The number of nitrogens with zero attached hydrogens (tertiary/aromatic N) is 2. The SMILES string of the molecule is O=C1NS(=O)(=O)[C@@H]2CCCC[C@H]2C/C=C/[C@H](O)[C@@H]2CC[C@H]2CN2C[C@@]3(CCCc4cc(Cl)ccc43)COc3ccc1cc32.O=C1NS(=O)(=O)[C@H]2CCCC[C@@H]2C/C=C/[C@H](O)[C@@H]2CC[C@H]2CN2C[C@@]3(CCCc4cc(Cl)ccc43)COc3ccc1cc32. The first kappa shape index (κ1) is 59.8. The normalized spacial score (nSPS) is 34.3. The maximum atomic E-state index is 13.5. The van der Waals surface area contributed by atoms with Crippen LogP contribution < -0.4 is 28.7 Å². The topological polar surface area (TPSA) is 192 Å². The summed E-state index contributed by atoms with van der Waals surface area (Å²) in [6.07, 6.45) is 24.0. The number of hydrogen-bond acceptors (Lipinski definition) is 12. The fourth-order valence-corrected chi connectivity index (χ4v) is 20.8. The van der Waals surface area contributed by atoms with Crippen molar-refractivity contribution >= 4 is 66.4 Å². The monoisotopic (exact) mass is 1250 g/mol. The van der Waals surface area contributed by atoms with E-state index < -0.39 is 54.6 Å². The van der Waals surface area contributed by atoms with Crippen molar-refractivity contribution in [2.45, 2.75) is 162 Å². The maximum absolute atomic E-state index is 13.5. The van der Waals surface area contributed by atoms with Gasteiger partial charge < -0.3 is 29.5 Å². The van der Waals surface area contributed by atoms with Crippen LogP contribution >= 0.6 is 23.2 Å². The lowest BCUT2D eigenvalue weighted by Crippen LogP contribution is -2.49. The molecule has 4 aromatic rings. The Labute approximate surface area is 517 Å². The number of carbonyl (C=O) groups excluding carboxylic acids is 2. The number of rotatable bonds is 0. The first-order chi connectivity index (χ1) is 41.4. The lowest BCUT2D eigenvalue weighted by Gasteiger charge is -2.45. The molecule has 2 amide bonds. The predicted octanol–water partition coefficient (Wildman–Crippen LogP) is 11.6. The molecular formula is C68H82Cl2N4O10S2. The van der Waals surface area contributed by atoms with Gasteiger partial charge in [0.25, 0.3) is 11.8 Å². The summed E-state index contributed by atoms with van der Waals surface area (Å²) in [5, 5.41) is 22.7. The van der Waals surface area contributed by atoms with Crippen molar-refractivity contribution < 1.29 is 46.1 Å². The molecule has 14 nitrogen and oxygen atoms in total. The molecule has 14 rings (SSSR count). The zero-order chi connectivity index (χ0) is 59.5. The Hall–Kier alpha value is -5.10. The number of amides is 2. The standard InChI is InChI=1S/2C34H41ClN2O5S/c2*35-26-12-14-28-23(17-26)7-4-16-34(28)20-37-19-25-10-13-27(25)30(38)8-3-6-22-5-1-2-9-32(22)43(40,41)36-33(39)24-11-15-31(42-21-34)29(37)18-24/h2*3,8,11-12,14-15,17-18,22,25,27,30,32,38H,1-2,4-7,9-10,13,16,19-21H2,(H,36,39)/b2*8-3+/t22-,25+,27-,30+,32+,34+;22-,25-,27+,30-,32+,34-/m10/s1. The van der Waals surface area contributed by atoms with Gasteiger partial charge in [0, 0.05) is 58.2 Å². The van der Waals surface area contributed by atoms with Crippen LogP contribution in [0.2, 0.25) is 10.0 Å². The molecule has 4 fully saturated rings. The third-order valence-corrected chi connectivity index (χ3v) is 26.1. The van der Waals surface area contributed by atoms with E-state index in [4.69, 9.17) is 32.7 Å². The number of aryl methyl sites for hydroxylation is 2. The number of benzene rings is 4.